The average molecular weight is 473 g/mol. The Morgan fingerprint density at radius 2 is 1.41 bits per heavy atom. The molecular weight excluding hydrogens is 448 g/mol. The summed E-state index contributed by atoms with van der Waals surface area (Å²) < 4.78 is 1.78. The maximum absolute atomic E-state index is 13.2. The quantitative estimate of drug-likeness (QED) is 0.426. The number of piperazine rings is 1. The number of aryl methyl sites for hydroxylation is 1. The SMILES string of the molecule is Cc1nn(-c2ccc(C(=O)N3CCN(C(=O)c4cccc5ccccc45)CC3)cc2)c(C)c1Cl. The van der Waals surface area contributed by atoms with Gasteiger partial charge in [0.15, 0.2) is 0 Å². The number of hydrogen-bond donors (Lipinski definition) is 0. The second kappa shape index (κ2) is 8.95. The monoisotopic (exact) mass is 472 g/mol. The van der Waals surface area contributed by atoms with Gasteiger partial charge in [-0.3, -0.25) is 9.59 Å². The molecule has 2 amide bonds. The third-order valence-electron chi connectivity index (χ3n) is 6.44. The lowest BCUT2D eigenvalue weighted by atomic mass is 10.0. The van der Waals surface area contributed by atoms with Crippen LogP contribution in [0.1, 0.15) is 32.1 Å². The van der Waals surface area contributed by atoms with E-state index in [9.17, 15) is 9.59 Å². The van der Waals surface area contributed by atoms with Gasteiger partial charge >= 0.3 is 0 Å². The zero-order valence-corrected chi connectivity index (χ0v) is 19.9. The van der Waals surface area contributed by atoms with Crippen molar-refractivity contribution in [3.63, 3.8) is 0 Å². The fraction of sp³-hybridized carbons (Fsp3) is 0.222. The summed E-state index contributed by atoms with van der Waals surface area (Å²) in [6.07, 6.45) is 0. The maximum Gasteiger partial charge on any atom is 0.254 e. The van der Waals surface area contributed by atoms with Gasteiger partial charge in [-0.2, -0.15) is 5.10 Å². The van der Waals surface area contributed by atoms with E-state index in [0.29, 0.717) is 42.3 Å². The molecular formula is C27H25ClN4O2. The molecule has 1 aliphatic rings. The molecule has 0 N–H and O–H groups in total. The summed E-state index contributed by atoms with van der Waals surface area (Å²) in [5.41, 5.74) is 3.82. The molecule has 0 bridgehead atoms. The van der Waals surface area contributed by atoms with Crippen LogP contribution < -0.4 is 0 Å². The number of aromatic nitrogens is 2. The van der Waals surface area contributed by atoms with Gasteiger partial charge in [-0.05, 0) is 55.0 Å². The van der Waals surface area contributed by atoms with Crippen LogP contribution in [0.4, 0.5) is 0 Å². The Morgan fingerprint density at radius 1 is 0.794 bits per heavy atom. The minimum Gasteiger partial charge on any atom is -0.335 e. The van der Waals surface area contributed by atoms with Crippen molar-refractivity contribution in [2.75, 3.05) is 26.2 Å². The smallest absolute Gasteiger partial charge is 0.254 e. The fourth-order valence-electron chi connectivity index (χ4n) is 4.50. The summed E-state index contributed by atoms with van der Waals surface area (Å²) in [5.74, 6) is -0.0213. The average Bonchev–Trinajstić information content (AvgIpc) is 3.15. The van der Waals surface area contributed by atoms with Crippen LogP contribution in [-0.4, -0.2) is 57.6 Å². The van der Waals surface area contributed by atoms with Gasteiger partial charge in [0.25, 0.3) is 11.8 Å². The largest absolute Gasteiger partial charge is 0.335 e. The van der Waals surface area contributed by atoms with Crippen molar-refractivity contribution in [1.29, 1.82) is 0 Å². The number of carbonyl (C=O) groups excluding carboxylic acids is 2. The van der Waals surface area contributed by atoms with Crippen LogP contribution >= 0.6 is 11.6 Å². The van der Waals surface area contributed by atoms with Crippen molar-refractivity contribution in [2.45, 2.75) is 13.8 Å². The van der Waals surface area contributed by atoms with Crippen LogP contribution in [0.2, 0.25) is 5.02 Å². The Labute approximate surface area is 203 Å². The summed E-state index contributed by atoms with van der Waals surface area (Å²) >= 11 is 6.26. The van der Waals surface area contributed by atoms with Crippen LogP contribution in [0.15, 0.2) is 66.7 Å². The second-order valence-electron chi connectivity index (χ2n) is 8.55. The van der Waals surface area contributed by atoms with E-state index in [1.165, 1.54) is 0 Å². The third kappa shape index (κ3) is 3.94. The standard InChI is InChI=1S/C27H25ClN4O2/c1-18-25(28)19(2)32(29-18)22-12-10-21(11-13-22)26(33)30-14-16-31(17-15-30)27(34)24-9-5-7-20-6-3-4-8-23(20)24/h3-13H,14-17H2,1-2H3. The number of halogens is 1. The van der Waals surface area contributed by atoms with E-state index >= 15 is 0 Å². The molecule has 0 spiro atoms. The Bertz CT molecular complexity index is 1380. The van der Waals surface area contributed by atoms with Gasteiger partial charge in [0.2, 0.25) is 0 Å². The van der Waals surface area contributed by atoms with E-state index in [1.54, 1.807) is 4.68 Å². The molecule has 1 saturated heterocycles. The second-order valence-corrected chi connectivity index (χ2v) is 8.93. The summed E-state index contributed by atoms with van der Waals surface area (Å²) in [6, 6.07) is 21.1. The first-order chi connectivity index (χ1) is 16.4. The number of nitrogens with zero attached hydrogens (tertiary/aromatic N) is 4. The van der Waals surface area contributed by atoms with Crippen LogP contribution in [0, 0.1) is 13.8 Å². The molecule has 172 valence electrons. The highest BCUT2D eigenvalue weighted by atomic mass is 35.5. The molecule has 1 fully saturated rings. The molecule has 0 atom stereocenters. The molecule has 1 aliphatic heterocycles. The lowest BCUT2D eigenvalue weighted by Crippen LogP contribution is -2.50. The molecule has 2 heterocycles. The van der Waals surface area contributed by atoms with Gasteiger partial charge < -0.3 is 9.80 Å². The van der Waals surface area contributed by atoms with E-state index in [0.717, 1.165) is 27.8 Å². The van der Waals surface area contributed by atoms with E-state index in [-0.39, 0.29) is 11.8 Å². The van der Waals surface area contributed by atoms with Gasteiger partial charge in [-0.1, -0.05) is 48.0 Å². The highest BCUT2D eigenvalue weighted by Gasteiger charge is 2.26. The number of benzene rings is 3. The lowest BCUT2D eigenvalue weighted by Gasteiger charge is -2.35. The number of hydrogen-bond acceptors (Lipinski definition) is 3. The third-order valence-corrected chi connectivity index (χ3v) is 6.98. The molecule has 0 radical (unpaired) electrons. The van der Waals surface area contributed by atoms with Crippen molar-refractivity contribution in [3.8, 4) is 5.69 Å². The van der Waals surface area contributed by atoms with Crippen molar-refractivity contribution in [3.05, 3.63) is 94.3 Å². The summed E-state index contributed by atoms with van der Waals surface area (Å²) in [4.78, 5) is 29.9. The fourth-order valence-corrected chi connectivity index (χ4v) is 4.62. The maximum atomic E-state index is 13.2. The molecule has 7 heteroatoms. The van der Waals surface area contributed by atoms with Crippen molar-refractivity contribution in [2.24, 2.45) is 0 Å². The molecule has 0 saturated carbocycles. The van der Waals surface area contributed by atoms with Gasteiger partial charge in [0, 0.05) is 37.3 Å². The minimum absolute atomic E-state index is 0.0109. The molecule has 4 aromatic rings. The molecule has 5 rings (SSSR count). The van der Waals surface area contributed by atoms with Crippen LogP contribution in [0.5, 0.6) is 0 Å². The predicted molar refractivity (Wildman–Crippen MR) is 134 cm³/mol. The molecule has 0 aliphatic carbocycles. The van der Waals surface area contributed by atoms with Crippen molar-refractivity contribution in [1.82, 2.24) is 19.6 Å². The molecule has 0 unspecified atom stereocenters. The predicted octanol–water partition coefficient (Wildman–Crippen LogP) is 4.89. The molecule has 3 aromatic carbocycles. The van der Waals surface area contributed by atoms with Gasteiger partial charge in [0.05, 0.1) is 22.1 Å². The Morgan fingerprint density at radius 3 is 2.06 bits per heavy atom. The van der Waals surface area contributed by atoms with Crippen molar-refractivity contribution >= 4 is 34.2 Å². The van der Waals surface area contributed by atoms with E-state index in [2.05, 4.69) is 5.10 Å². The van der Waals surface area contributed by atoms with E-state index < -0.39 is 0 Å². The normalized spacial score (nSPS) is 14.0. The Balaban J connectivity index is 1.26. The highest BCUT2D eigenvalue weighted by Crippen LogP contribution is 2.23. The topological polar surface area (TPSA) is 58.4 Å². The zero-order chi connectivity index (χ0) is 23.8. The first kappa shape index (κ1) is 22.2. The first-order valence-electron chi connectivity index (χ1n) is 11.3. The van der Waals surface area contributed by atoms with E-state index in [4.69, 9.17) is 11.6 Å². The number of fused-ring (bicyclic) bond motifs is 1. The van der Waals surface area contributed by atoms with Gasteiger partial charge in [-0.15, -0.1) is 0 Å². The zero-order valence-electron chi connectivity index (χ0n) is 19.2. The summed E-state index contributed by atoms with van der Waals surface area (Å²) in [6.45, 7) is 5.81. The molecule has 6 nitrogen and oxygen atoms in total. The first-order valence-corrected chi connectivity index (χ1v) is 11.7. The summed E-state index contributed by atoms with van der Waals surface area (Å²) in [7, 11) is 0. The number of amides is 2. The molecule has 1 aromatic heterocycles. The van der Waals surface area contributed by atoms with Crippen LogP contribution in [-0.2, 0) is 0 Å². The highest BCUT2D eigenvalue weighted by molar-refractivity contribution is 6.31. The minimum atomic E-state index is -0.0322. The van der Waals surface area contributed by atoms with Crippen LogP contribution in [0.25, 0.3) is 16.5 Å². The van der Waals surface area contributed by atoms with Gasteiger partial charge in [0.1, 0.15) is 0 Å². The van der Waals surface area contributed by atoms with Crippen molar-refractivity contribution < 1.29 is 9.59 Å². The Kier molecular flexibility index (Phi) is 5.84. The van der Waals surface area contributed by atoms with E-state index in [1.807, 2.05) is 90.4 Å². The Hall–Kier alpha value is -3.64. The number of rotatable bonds is 3. The number of carbonyl (C=O) groups is 2. The van der Waals surface area contributed by atoms with Gasteiger partial charge in [-0.25, -0.2) is 4.68 Å². The lowest BCUT2D eigenvalue weighted by molar-refractivity contribution is 0.0536. The van der Waals surface area contributed by atoms with Crippen LogP contribution in [0.3, 0.4) is 0 Å². The molecule has 34 heavy (non-hydrogen) atoms. The summed E-state index contributed by atoms with van der Waals surface area (Å²) in [5, 5.41) is 7.12.